The Morgan fingerprint density at radius 2 is 1.85 bits per heavy atom. The van der Waals surface area contributed by atoms with Crippen LogP contribution in [0.25, 0.3) is 0 Å². The van der Waals surface area contributed by atoms with E-state index in [1.807, 2.05) is 34.2 Å². The Morgan fingerprint density at radius 1 is 1.06 bits per heavy atom. The second-order valence-corrected chi connectivity index (χ2v) is 8.77. The van der Waals surface area contributed by atoms with Crippen LogP contribution in [0.1, 0.15) is 34.2 Å². The average Bonchev–Trinajstić information content (AvgIpc) is 3.32. The van der Waals surface area contributed by atoms with Gasteiger partial charge in [0.05, 0.1) is 19.9 Å². The van der Waals surface area contributed by atoms with Crippen molar-refractivity contribution in [1.29, 1.82) is 0 Å². The van der Waals surface area contributed by atoms with Crippen LogP contribution in [0, 0.1) is 5.82 Å². The summed E-state index contributed by atoms with van der Waals surface area (Å²) in [5, 5.41) is 0. The van der Waals surface area contributed by atoms with Crippen LogP contribution in [-0.4, -0.2) is 60.8 Å². The molecule has 7 nitrogen and oxygen atoms in total. The molecule has 1 aromatic heterocycles. The summed E-state index contributed by atoms with van der Waals surface area (Å²) < 4.78 is 27.1. The van der Waals surface area contributed by atoms with Gasteiger partial charge in [-0.2, -0.15) is 0 Å². The van der Waals surface area contributed by atoms with Gasteiger partial charge in [-0.25, -0.2) is 9.37 Å². The van der Waals surface area contributed by atoms with Crippen LogP contribution in [0.15, 0.2) is 48.7 Å². The highest BCUT2D eigenvalue weighted by atomic mass is 19.1. The van der Waals surface area contributed by atoms with Crippen LogP contribution < -0.4 is 14.4 Å². The second-order valence-electron chi connectivity index (χ2n) is 8.77. The summed E-state index contributed by atoms with van der Waals surface area (Å²) in [6.07, 6.45) is 3.62. The molecule has 2 aliphatic heterocycles. The van der Waals surface area contributed by atoms with E-state index in [1.165, 1.54) is 6.07 Å². The fourth-order valence-electron chi connectivity index (χ4n) is 4.98. The molecule has 2 aliphatic rings. The summed E-state index contributed by atoms with van der Waals surface area (Å²) in [4.78, 5) is 21.6. The van der Waals surface area contributed by atoms with Gasteiger partial charge in [0.2, 0.25) is 0 Å². The topological polar surface area (TPSA) is 59.8 Å². The van der Waals surface area contributed by atoms with E-state index in [4.69, 9.17) is 9.47 Å². The quantitative estimate of drug-likeness (QED) is 0.576. The first-order valence-corrected chi connectivity index (χ1v) is 11.6. The molecule has 1 saturated heterocycles. The number of hydrogen-bond acceptors (Lipinski definition) is 5. The van der Waals surface area contributed by atoms with Crippen molar-refractivity contribution in [1.82, 2.24) is 14.5 Å². The maximum atomic E-state index is 14.1. The van der Waals surface area contributed by atoms with Gasteiger partial charge in [-0.15, -0.1) is 0 Å². The maximum absolute atomic E-state index is 14.1. The summed E-state index contributed by atoms with van der Waals surface area (Å²) in [7, 11) is 3.32. The lowest BCUT2D eigenvalue weighted by atomic mass is 9.91. The summed E-state index contributed by atoms with van der Waals surface area (Å²) in [6, 6.07) is 12.7. The van der Waals surface area contributed by atoms with E-state index in [9.17, 15) is 9.18 Å². The molecule has 8 heteroatoms. The van der Waals surface area contributed by atoms with Crippen LogP contribution >= 0.6 is 0 Å². The number of amides is 1. The molecular formula is C26H29FN4O3. The number of carbonyl (C=O) groups excluding carboxylic acids is 1. The average molecular weight is 465 g/mol. The van der Waals surface area contributed by atoms with Crippen molar-refractivity contribution in [3.05, 3.63) is 71.6 Å². The number of halogens is 1. The van der Waals surface area contributed by atoms with Gasteiger partial charge in [0.1, 0.15) is 28.8 Å². The minimum absolute atomic E-state index is 0.0614. The van der Waals surface area contributed by atoms with Gasteiger partial charge in [-0.1, -0.05) is 18.2 Å². The standard InChI is InChI=1S/C26H29FN4O3/c1-33-19-8-9-20(24(15-19)34-2)18-7-10-25-28-22(17-31(25)16-18)26(32)30-13-11-29(12-14-30)23-6-4-3-5-21(23)27/h3-6,8-9,15,17-18H,7,10-14,16H2,1-2H3/t18-/m0/s1. The zero-order valence-electron chi connectivity index (χ0n) is 19.5. The number of para-hydroxylation sites is 1. The summed E-state index contributed by atoms with van der Waals surface area (Å²) in [5.74, 6) is 2.51. The third kappa shape index (κ3) is 4.20. The number of fused-ring (bicyclic) bond motifs is 1. The molecule has 1 atom stereocenters. The molecular weight excluding hydrogens is 435 g/mol. The minimum atomic E-state index is -0.230. The summed E-state index contributed by atoms with van der Waals surface area (Å²) in [5.41, 5.74) is 2.21. The highest BCUT2D eigenvalue weighted by molar-refractivity contribution is 5.92. The van der Waals surface area contributed by atoms with Crippen molar-refractivity contribution in [2.24, 2.45) is 0 Å². The molecule has 0 unspecified atom stereocenters. The van der Waals surface area contributed by atoms with E-state index < -0.39 is 0 Å². The minimum Gasteiger partial charge on any atom is -0.497 e. The molecule has 34 heavy (non-hydrogen) atoms. The molecule has 0 saturated carbocycles. The van der Waals surface area contributed by atoms with Gasteiger partial charge < -0.3 is 23.8 Å². The number of carbonyl (C=O) groups is 1. The molecule has 3 aromatic rings. The molecule has 2 aromatic carbocycles. The fraction of sp³-hybridized carbons (Fsp3) is 0.385. The van der Waals surface area contributed by atoms with Crippen molar-refractivity contribution in [3.63, 3.8) is 0 Å². The van der Waals surface area contributed by atoms with E-state index in [0.29, 0.717) is 37.6 Å². The number of methoxy groups -OCH3 is 2. The molecule has 178 valence electrons. The normalized spacial score (nSPS) is 17.9. The molecule has 0 bridgehead atoms. The number of anilines is 1. The smallest absolute Gasteiger partial charge is 0.274 e. The zero-order chi connectivity index (χ0) is 23.7. The molecule has 3 heterocycles. The van der Waals surface area contributed by atoms with Crippen molar-refractivity contribution < 1.29 is 18.7 Å². The van der Waals surface area contributed by atoms with Gasteiger partial charge in [0, 0.05) is 57.3 Å². The largest absolute Gasteiger partial charge is 0.497 e. The van der Waals surface area contributed by atoms with Gasteiger partial charge in [0.25, 0.3) is 5.91 Å². The number of nitrogens with zero attached hydrogens (tertiary/aromatic N) is 4. The van der Waals surface area contributed by atoms with Gasteiger partial charge in [-0.05, 0) is 30.2 Å². The third-order valence-corrected chi connectivity index (χ3v) is 6.85. The highest BCUT2D eigenvalue weighted by Crippen LogP contribution is 2.36. The molecule has 0 aliphatic carbocycles. The van der Waals surface area contributed by atoms with E-state index in [1.54, 1.807) is 26.4 Å². The van der Waals surface area contributed by atoms with Crippen LogP contribution in [0.2, 0.25) is 0 Å². The Hall–Kier alpha value is -3.55. The molecule has 5 rings (SSSR count). The first kappa shape index (κ1) is 22.3. The number of piperazine rings is 1. The number of hydrogen-bond donors (Lipinski definition) is 0. The summed E-state index contributed by atoms with van der Waals surface area (Å²) in [6.45, 7) is 3.03. The number of rotatable bonds is 5. The third-order valence-electron chi connectivity index (χ3n) is 6.85. The molecule has 0 radical (unpaired) electrons. The number of imidazole rings is 1. The van der Waals surface area contributed by atoms with Crippen LogP contribution in [0.4, 0.5) is 10.1 Å². The molecule has 1 amide bonds. The Labute approximate surface area is 198 Å². The maximum Gasteiger partial charge on any atom is 0.274 e. The highest BCUT2D eigenvalue weighted by Gasteiger charge is 2.29. The van der Waals surface area contributed by atoms with Gasteiger partial charge in [-0.3, -0.25) is 4.79 Å². The molecule has 0 spiro atoms. The number of benzene rings is 2. The Balaban J connectivity index is 1.26. The van der Waals surface area contributed by atoms with Crippen LogP contribution in [-0.2, 0) is 13.0 Å². The summed E-state index contributed by atoms with van der Waals surface area (Å²) >= 11 is 0. The van der Waals surface area contributed by atoms with Crippen molar-refractivity contribution in [3.8, 4) is 11.5 Å². The number of aromatic nitrogens is 2. The Bertz CT molecular complexity index is 1190. The monoisotopic (exact) mass is 464 g/mol. The van der Waals surface area contributed by atoms with Crippen LogP contribution in [0.3, 0.4) is 0 Å². The van der Waals surface area contributed by atoms with Crippen LogP contribution in [0.5, 0.6) is 11.5 Å². The van der Waals surface area contributed by atoms with Gasteiger partial charge in [0.15, 0.2) is 0 Å². The first-order chi connectivity index (χ1) is 16.6. The Kier molecular flexibility index (Phi) is 6.13. The van der Waals surface area contributed by atoms with Crippen molar-refractivity contribution in [2.75, 3.05) is 45.3 Å². The lowest BCUT2D eigenvalue weighted by Crippen LogP contribution is -2.49. The number of ether oxygens (including phenoxy) is 2. The predicted molar refractivity (Wildman–Crippen MR) is 127 cm³/mol. The van der Waals surface area contributed by atoms with Crippen molar-refractivity contribution >= 4 is 11.6 Å². The Morgan fingerprint density at radius 3 is 2.59 bits per heavy atom. The first-order valence-electron chi connectivity index (χ1n) is 11.6. The van der Waals surface area contributed by atoms with E-state index in [2.05, 4.69) is 15.6 Å². The lowest BCUT2D eigenvalue weighted by Gasteiger charge is -2.35. The SMILES string of the molecule is COc1ccc([C@H]2CCc3nc(C(=O)N4CCN(c5ccccc5F)CC4)cn3C2)c(OC)c1. The zero-order valence-corrected chi connectivity index (χ0v) is 19.5. The van der Waals surface area contributed by atoms with E-state index in [-0.39, 0.29) is 17.6 Å². The number of aryl methyl sites for hydroxylation is 1. The predicted octanol–water partition coefficient (Wildman–Crippen LogP) is 3.73. The van der Waals surface area contributed by atoms with E-state index in [0.717, 1.165) is 42.3 Å². The fourth-order valence-corrected chi connectivity index (χ4v) is 4.98. The lowest BCUT2D eigenvalue weighted by molar-refractivity contribution is 0.0741. The second kappa shape index (κ2) is 9.37. The molecule has 0 N–H and O–H groups in total. The molecule has 1 fully saturated rings. The van der Waals surface area contributed by atoms with Crippen molar-refractivity contribution in [2.45, 2.75) is 25.3 Å². The van der Waals surface area contributed by atoms with E-state index >= 15 is 0 Å². The van der Waals surface area contributed by atoms with Gasteiger partial charge >= 0.3 is 0 Å².